The van der Waals surface area contributed by atoms with Crippen LogP contribution in [0.4, 0.5) is 13.2 Å². The van der Waals surface area contributed by atoms with E-state index in [1.807, 2.05) is 0 Å². The first-order valence-corrected chi connectivity index (χ1v) is 2.91. The number of allylic oxidation sites excluding steroid dienone is 4. The van der Waals surface area contributed by atoms with E-state index in [-0.39, 0.29) is 5.57 Å². The highest BCUT2D eigenvalue weighted by molar-refractivity contribution is 5.34. The summed E-state index contributed by atoms with van der Waals surface area (Å²) in [6.07, 6.45) is -2.76. The lowest BCUT2D eigenvalue weighted by Crippen LogP contribution is -2.08. The fourth-order valence-corrected chi connectivity index (χ4v) is 0.333. The molecule has 0 saturated heterocycles. The Balaban J connectivity index is 4.32. The van der Waals surface area contributed by atoms with E-state index in [9.17, 15) is 13.2 Å². The summed E-state index contributed by atoms with van der Waals surface area (Å²) in [5.41, 5.74) is -1.04. The van der Waals surface area contributed by atoms with E-state index < -0.39 is 11.7 Å². The SMILES string of the molecule is C=C(C#N)/C=C\C(=C)C(F)(F)F. The number of nitriles is 1. The van der Waals surface area contributed by atoms with Gasteiger partial charge in [0, 0.05) is 11.1 Å². The number of hydrogen-bond donors (Lipinski definition) is 0. The summed E-state index contributed by atoms with van der Waals surface area (Å²) < 4.78 is 35.2. The lowest BCUT2D eigenvalue weighted by atomic mass is 10.2. The minimum Gasteiger partial charge on any atom is -0.192 e. The van der Waals surface area contributed by atoms with Gasteiger partial charge in [-0.25, -0.2) is 0 Å². The highest BCUT2D eigenvalue weighted by atomic mass is 19.4. The van der Waals surface area contributed by atoms with Crippen LogP contribution in [0, 0.1) is 11.3 Å². The van der Waals surface area contributed by atoms with E-state index in [1.165, 1.54) is 0 Å². The Morgan fingerprint density at radius 2 is 1.75 bits per heavy atom. The average molecular weight is 173 g/mol. The van der Waals surface area contributed by atoms with E-state index in [4.69, 9.17) is 5.26 Å². The molecular weight excluding hydrogens is 167 g/mol. The number of halogens is 3. The first kappa shape index (κ1) is 10.5. The van der Waals surface area contributed by atoms with Gasteiger partial charge in [0.1, 0.15) is 0 Å². The van der Waals surface area contributed by atoms with Gasteiger partial charge in [0.05, 0.1) is 6.07 Å². The fourth-order valence-electron chi connectivity index (χ4n) is 0.333. The quantitative estimate of drug-likeness (QED) is 0.465. The highest BCUT2D eigenvalue weighted by Crippen LogP contribution is 2.24. The van der Waals surface area contributed by atoms with Gasteiger partial charge in [-0.1, -0.05) is 13.2 Å². The second-order valence-corrected chi connectivity index (χ2v) is 1.99. The van der Waals surface area contributed by atoms with Crippen molar-refractivity contribution in [2.24, 2.45) is 0 Å². The maximum Gasteiger partial charge on any atom is 0.415 e. The largest absolute Gasteiger partial charge is 0.415 e. The van der Waals surface area contributed by atoms with Crippen LogP contribution >= 0.6 is 0 Å². The van der Waals surface area contributed by atoms with E-state index in [0.29, 0.717) is 6.08 Å². The van der Waals surface area contributed by atoms with Crippen LogP contribution in [0.3, 0.4) is 0 Å². The number of rotatable bonds is 2. The molecule has 0 spiro atoms. The molecule has 0 saturated carbocycles. The first-order chi connectivity index (χ1) is 5.38. The normalized spacial score (nSPS) is 11.2. The van der Waals surface area contributed by atoms with Crippen molar-refractivity contribution in [2.75, 3.05) is 0 Å². The second kappa shape index (κ2) is 3.77. The fraction of sp³-hybridized carbons (Fsp3) is 0.125. The van der Waals surface area contributed by atoms with Crippen molar-refractivity contribution in [3.8, 4) is 6.07 Å². The van der Waals surface area contributed by atoms with Gasteiger partial charge in [0.25, 0.3) is 0 Å². The maximum atomic E-state index is 11.7. The van der Waals surface area contributed by atoms with E-state index in [1.54, 1.807) is 6.07 Å². The molecule has 1 nitrogen and oxygen atoms in total. The Labute approximate surface area is 68.1 Å². The third-order valence-electron chi connectivity index (χ3n) is 0.993. The second-order valence-electron chi connectivity index (χ2n) is 1.99. The van der Waals surface area contributed by atoms with Crippen LogP contribution in [-0.4, -0.2) is 6.18 Å². The summed E-state index contributed by atoms with van der Waals surface area (Å²) in [7, 11) is 0. The first-order valence-electron chi connectivity index (χ1n) is 2.91. The summed E-state index contributed by atoms with van der Waals surface area (Å²) in [5.74, 6) is 0. The monoisotopic (exact) mass is 173 g/mol. The summed E-state index contributed by atoms with van der Waals surface area (Å²) >= 11 is 0. The van der Waals surface area contributed by atoms with Gasteiger partial charge in [-0.2, -0.15) is 18.4 Å². The summed E-state index contributed by atoms with van der Waals surface area (Å²) in [6, 6.07) is 1.58. The van der Waals surface area contributed by atoms with Gasteiger partial charge in [-0.3, -0.25) is 0 Å². The predicted molar refractivity (Wildman–Crippen MR) is 39.1 cm³/mol. The van der Waals surface area contributed by atoms with E-state index >= 15 is 0 Å². The molecule has 0 rings (SSSR count). The van der Waals surface area contributed by atoms with E-state index in [0.717, 1.165) is 6.08 Å². The van der Waals surface area contributed by atoms with Gasteiger partial charge in [0.15, 0.2) is 0 Å². The Morgan fingerprint density at radius 1 is 1.25 bits per heavy atom. The van der Waals surface area contributed by atoms with Crippen molar-refractivity contribution in [1.29, 1.82) is 5.26 Å². The molecule has 0 aliphatic carbocycles. The maximum absolute atomic E-state index is 11.7. The molecule has 4 heteroatoms. The number of nitrogens with zero attached hydrogens (tertiary/aromatic N) is 1. The Hall–Kier alpha value is -1.50. The molecule has 0 N–H and O–H groups in total. The molecular formula is C8H6F3N. The molecule has 0 atom stereocenters. The number of hydrogen-bond acceptors (Lipinski definition) is 1. The lowest BCUT2D eigenvalue weighted by Gasteiger charge is -2.03. The zero-order chi connectivity index (χ0) is 9.78. The van der Waals surface area contributed by atoms with Crippen LogP contribution in [0.15, 0.2) is 36.5 Å². The van der Waals surface area contributed by atoms with Gasteiger partial charge >= 0.3 is 6.18 Å². The predicted octanol–water partition coefficient (Wildman–Crippen LogP) is 2.74. The van der Waals surface area contributed by atoms with Crippen molar-refractivity contribution < 1.29 is 13.2 Å². The molecule has 0 unspecified atom stereocenters. The van der Waals surface area contributed by atoms with Crippen molar-refractivity contribution in [3.63, 3.8) is 0 Å². The lowest BCUT2D eigenvalue weighted by molar-refractivity contribution is -0.0878. The minimum absolute atomic E-state index is 0.0413. The van der Waals surface area contributed by atoms with Gasteiger partial charge < -0.3 is 0 Å². The van der Waals surface area contributed by atoms with E-state index in [2.05, 4.69) is 13.2 Å². The van der Waals surface area contributed by atoms with Gasteiger partial charge in [-0.05, 0) is 12.2 Å². The standard InChI is InChI=1S/C8H6F3N/c1-6(5-12)3-4-7(2)8(9,10)11/h3-4H,1-2H2/b4-3-. The molecule has 0 aromatic carbocycles. The van der Waals surface area contributed by atoms with Crippen LogP contribution < -0.4 is 0 Å². The third-order valence-corrected chi connectivity index (χ3v) is 0.993. The molecule has 0 heterocycles. The third kappa shape index (κ3) is 3.62. The zero-order valence-corrected chi connectivity index (χ0v) is 6.15. The van der Waals surface area contributed by atoms with Gasteiger partial charge in [-0.15, -0.1) is 0 Å². The Morgan fingerprint density at radius 3 is 2.08 bits per heavy atom. The smallest absolute Gasteiger partial charge is 0.192 e. The molecule has 0 aromatic rings. The molecule has 0 fully saturated rings. The molecule has 0 amide bonds. The van der Waals surface area contributed by atoms with Crippen LogP contribution in [0.1, 0.15) is 0 Å². The summed E-state index contributed by atoms with van der Waals surface area (Å²) in [4.78, 5) is 0. The van der Waals surface area contributed by atoms with Crippen LogP contribution in [0.25, 0.3) is 0 Å². The molecule has 0 aliphatic heterocycles. The molecule has 12 heavy (non-hydrogen) atoms. The molecule has 0 aliphatic rings. The molecule has 0 aromatic heterocycles. The molecule has 0 bridgehead atoms. The summed E-state index contributed by atoms with van der Waals surface area (Å²) in [6.45, 7) is 5.94. The van der Waals surface area contributed by atoms with Crippen molar-refractivity contribution in [1.82, 2.24) is 0 Å². The van der Waals surface area contributed by atoms with Crippen LogP contribution in [0.5, 0.6) is 0 Å². The number of alkyl halides is 3. The molecule has 0 radical (unpaired) electrons. The topological polar surface area (TPSA) is 23.8 Å². The molecule has 64 valence electrons. The Bertz CT molecular complexity index is 265. The Kier molecular flexibility index (Phi) is 3.30. The van der Waals surface area contributed by atoms with Crippen LogP contribution in [0.2, 0.25) is 0 Å². The average Bonchev–Trinajstić information content (AvgIpc) is 1.97. The highest BCUT2D eigenvalue weighted by Gasteiger charge is 2.29. The van der Waals surface area contributed by atoms with Gasteiger partial charge in [0.2, 0.25) is 0 Å². The van der Waals surface area contributed by atoms with Crippen molar-refractivity contribution in [3.05, 3.63) is 36.5 Å². The van der Waals surface area contributed by atoms with Crippen LogP contribution in [-0.2, 0) is 0 Å². The summed E-state index contributed by atoms with van der Waals surface area (Å²) in [5, 5.41) is 8.14. The minimum atomic E-state index is -4.44. The van der Waals surface area contributed by atoms with Crippen molar-refractivity contribution in [2.45, 2.75) is 6.18 Å². The zero-order valence-electron chi connectivity index (χ0n) is 6.15. The van der Waals surface area contributed by atoms with Crippen molar-refractivity contribution >= 4 is 0 Å².